The van der Waals surface area contributed by atoms with Crippen LogP contribution < -0.4 is 5.32 Å². The number of benzene rings is 1. The van der Waals surface area contributed by atoms with Crippen LogP contribution in [0.3, 0.4) is 0 Å². The number of likely N-dealkylation sites (N-methyl/N-ethyl adjacent to an activating group) is 1. The van der Waals surface area contributed by atoms with Crippen LogP contribution in [0, 0.1) is 12.7 Å². The van der Waals surface area contributed by atoms with E-state index in [1.165, 1.54) is 4.88 Å². The Morgan fingerprint density at radius 2 is 2.17 bits per heavy atom. The predicted molar refractivity (Wildman–Crippen MR) is 75.6 cm³/mol. The van der Waals surface area contributed by atoms with Gasteiger partial charge in [0.15, 0.2) is 0 Å². The largest absolute Gasteiger partial charge is 0.310 e. The zero-order chi connectivity index (χ0) is 13.0. The molecule has 0 amide bonds. The zero-order valence-corrected chi connectivity index (χ0v) is 11.6. The third-order valence-corrected chi connectivity index (χ3v) is 3.86. The minimum absolute atomic E-state index is 0.0496. The molecule has 0 aliphatic carbocycles. The third kappa shape index (κ3) is 3.18. The van der Waals surface area contributed by atoms with Crippen molar-refractivity contribution < 1.29 is 4.39 Å². The summed E-state index contributed by atoms with van der Waals surface area (Å²) in [7, 11) is 0. The van der Waals surface area contributed by atoms with Crippen LogP contribution in [0.2, 0.25) is 0 Å². The van der Waals surface area contributed by atoms with Gasteiger partial charge in [-0.1, -0.05) is 30.7 Å². The molecule has 1 nitrogen and oxygen atoms in total. The SMILES string of the molecule is CCNC(Cc1cccs1)c1cc(C)ccc1F. The van der Waals surface area contributed by atoms with E-state index in [2.05, 4.69) is 23.7 Å². The van der Waals surface area contributed by atoms with Crippen molar-refractivity contribution in [3.8, 4) is 0 Å². The summed E-state index contributed by atoms with van der Waals surface area (Å²) in [6.45, 7) is 4.88. The van der Waals surface area contributed by atoms with Gasteiger partial charge in [0.05, 0.1) is 0 Å². The van der Waals surface area contributed by atoms with Crippen molar-refractivity contribution in [2.45, 2.75) is 26.3 Å². The molecule has 0 bridgehead atoms. The van der Waals surface area contributed by atoms with Crippen LogP contribution in [0.4, 0.5) is 4.39 Å². The molecule has 0 radical (unpaired) electrons. The molecule has 2 rings (SSSR count). The van der Waals surface area contributed by atoms with Gasteiger partial charge in [-0.15, -0.1) is 11.3 Å². The smallest absolute Gasteiger partial charge is 0.128 e. The Kier molecular flexibility index (Phi) is 4.50. The molecular formula is C15H18FNS. The minimum Gasteiger partial charge on any atom is -0.310 e. The maximum Gasteiger partial charge on any atom is 0.128 e. The number of nitrogens with one attached hydrogen (secondary N) is 1. The molecule has 1 heterocycles. The van der Waals surface area contributed by atoms with Gasteiger partial charge in [0, 0.05) is 22.9 Å². The zero-order valence-electron chi connectivity index (χ0n) is 10.7. The Hall–Kier alpha value is -1.19. The minimum atomic E-state index is -0.122. The topological polar surface area (TPSA) is 12.0 Å². The van der Waals surface area contributed by atoms with Gasteiger partial charge in [0.2, 0.25) is 0 Å². The fraction of sp³-hybridized carbons (Fsp3) is 0.333. The molecule has 18 heavy (non-hydrogen) atoms. The molecule has 0 saturated heterocycles. The normalized spacial score (nSPS) is 12.6. The Labute approximate surface area is 112 Å². The number of aryl methyl sites for hydroxylation is 1. The fourth-order valence-corrected chi connectivity index (χ4v) is 2.85. The molecule has 1 aromatic heterocycles. The van der Waals surface area contributed by atoms with Crippen molar-refractivity contribution in [3.63, 3.8) is 0 Å². The lowest BCUT2D eigenvalue weighted by atomic mass is 10.00. The molecule has 1 aromatic carbocycles. The van der Waals surface area contributed by atoms with E-state index in [-0.39, 0.29) is 11.9 Å². The van der Waals surface area contributed by atoms with Gasteiger partial charge in [-0.05, 0) is 31.0 Å². The molecule has 0 fully saturated rings. The second kappa shape index (κ2) is 6.12. The number of halogens is 1. The van der Waals surface area contributed by atoms with Crippen molar-refractivity contribution in [2.75, 3.05) is 6.54 Å². The Balaban J connectivity index is 2.26. The van der Waals surface area contributed by atoms with E-state index in [0.29, 0.717) is 0 Å². The van der Waals surface area contributed by atoms with Crippen LogP contribution in [-0.2, 0) is 6.42 Å². The lowest BCUT2D eigenvalue weighted by molar-refractivity contribution is 0.512. The molecule has 1 unspecified atom stereocenters. The molecule has 3 heteroatoms. The quantitative estimate of drug-likeness (QED) is 0.856. The number of rotatable bonds is 5. The molecule has 0 spiro atoms. The number of hydrogen-bond acceptors (Lipinski definition) is 2. The van der Waals surface area contributed by atoms with Crippen molar-refractivity contribution >= 4 is 11.3 Å². The molecular weight excluding hydrogens is 245 g/mol. The Bertz CT molecular complexity index is 493. The average Bonchev–Trinajstić information content (AvgIpc) is 2.85. The van der Waals surface area contributed by atoms with Gasteiger partial charge < -0.3 is 5.32 Å². The molecule has 0 aliphatic heterocycles. The van der Waals surface area contributed by atoms with Crippen LogP contribution in [0.15, 0.2) is 35.7 Å². The van der Waals surface area contributed by atoms with E-state index in [4.69, 9.17) is 0 Å². The maximum absolute atomic E-state index is 13.9. The van der Waals surface area contributed by atoms with Crippen LogP contribution in [0.25, 0.3) is 0 Å². The molecule has 0 aliphatic rings. The second-order valence-electron chi connectivity index (χ2n) is 4.42. The molecule has 0 saturated carbocycles. The summed E-state index contributed by atoms with van der Waals surface area (Å²) in [5.74, 6) is -0.122. The van der Waals surface area contributed by atoms with Gasteiger partial charge in [0.1, 0.15) is 5.82 Å². The standard InChI is InChI=1S/C15H18FNS/c1-3-17-15(10-12-5-4-8-18-12)13-9-11(2)6-7-14(13)16/h4-9,15,17H,3,10H2,1-2H3. The number of thiophene rings is 1. The van der Waals surface area contributed by atoms with Crippen molar-refractivity contribution in [1.29, 1.82) is 0 Å². The molecule has 2 aromatic rings. The van der Waals surface area contributed by atoms with Gasteiger partial charge in [-0.25, -0.2) is 4.39 Å². The number of hydrogen-bond donors (Lipinski definition) is 1. The maximum atomic E-state index is 13.9. The summed E-state index contributed by atoms with van der Waals surface area (Å²) in [6.07, 6.45) is 0.839. The van der Waals surface area contributed by atoms with E-state index in [9.17, 15) is 4.39 Å². The highest BCUT2D eigenvalue weighted by Gasteiger charge is 2.16. The molecule has 1 N–H and O–H groups in total. The van der Waals surface area contributed by atoms with Crippen LogP contribution in [0.1, 0.15) is 29.0 Å². The predicted octanol–water partition coefficient (Wildman–Crippen LogP) is 4.09. The summed E-state index contributed by atoms with van der Waals surface area (Å²) in [6, 6.07) is 9.50. The fourth-order valence-electron chi connectivity index (χ4n) is 2.10. The van der Waals surface area contributed by atoms with Crippen LogP contribution in [0.5, 0.6) is 0 Å². The molecule has 96 valence electrons. The first-order valence-corrected chi connectivity index (χ1v) is 7.10. The van der Waals surface area contributed by atoms with Crippen molar-refractivity contribution in [3.05, 3.63) is 57.5 Å². The van der Waals surface area contributed by atoms with Crippen LogP contribution in [-0.4, -0.2) is 6.54 Å². The van der Waals surface area contributed by atoms with Gasteiger partial charge in [-0.2, -0.15) is 0 Å². The lowest BCUT2D eigenvalue weighted by Gasteiger charge is -2.19. The summed E-state index contributed by atoms with van der Waals surface area (Å²) >= 11 is 1.72. The highest BCUT2D eigenvalue weighted by atomic mass is 32.1. The second-order valence-corrected chi connectivity index (χ2v) is 5.45. The highest BCUT2D eigenvalue weighted by molar-refractivity contribution is 7.09. The van der Waals surface area contributed by atoms with E-state index in [1.807, 2.05) is 25.1 Å². The summed E-state index contributed by atoms with van der Waals surface area (Å²) in [4.78, 5) is 1.28. The van der Waals surface area contributed by atoms with Crippen molar-refractivity contribution in [2.24, 2.45) is 0 Å². The average molecular weight is 263 g/mol. The monoisotopic (exact) mass is 263 g/mol. The lowest BCUT2D eigenvalue weighted by Crippen LogP contribution is -2.23. The van der Waals surface area contributed by atoms with E-state index in [1.54, 1.807) is 17.4 Å². The van der Waals surface area contributed by atoms with E-state index < -0.39 is 0 Å². The third-order valence-electron chi connectivity index (χ3n) is 2.96. The van der Waals surface area contributed by atoms with Crippen molar-refractivity contribution in [1.82, 2.24) is 5.32 Å². The summed E-state index contributed by atoms with van der Waals surface area (Å²) < 4.78 is 13.9. The Morgan fingerprint density at radius 1 is 1.33 bits per heavy atom. The first kappa shape index (κ1) is 13.2. The Morgan fingerprint density at radius 3 is 2.83 bits per heavy atom. The molecule has 1 atom stereocenters. The van der Waals surface area contributed by atoms with E-state index >= 15 is 0 Å². The first-order chi connectivity index (χ1) is 8.70. The van der Waals surface area contributed by atoms with Crippen LogP contribution >= 0.6 is 11.3 Å². The summed E-state index contributed by atoms with van der Waals surface area (Å²) in [5, 5.41) is 5.43. The van der Waals surface area contributed by atoms with E-state index in [0.717, 1.165) is 24.1 Å². The van der Waals surface area contributed by atoms with Gasteiger partial charge >= 0.3 is 0 Å². The summed E-state index contributed by atoms with van der Waals surface area (Å²) in [5.41, 5.74) is 1.87. The first-order valence-electron chi connectivity index (χ1n) is 6.22. The van der Waals surface area contributed by atoms with Gasteiger partial charge in [0.25, 0.3) is 0 Å². The highest BCUT2D eigenvalue weighted by Crippen LogP contribution is 2.24. The van der Waals surface area contributed by atoms with Gasteiger partial charge in [-0.3, -0.25) is 0 Å².